The minimum atomic E-state index is -1.41. The number of hydrogen-bond donors (Lipinski definition) is 1. The number of rotatable bonds is 3. The molecule has 0 spiro atoms. The summed E-state index contributed by atoms with van der Waals surface area (Å²) < 4.78 is 4.92. The highest BCUT2D eigenvalue weighted by atomic mass is 16.5. The molecular formula is C23H32O5. The normalized spacial score (nSPS) is 44.8. The van der Waals surface area contributed by atoms with E-state index in [1.54, 1.807) is 0 Å². The molecule has 0 bridgehead atoms. The van der Waals surface area contributed by atoms with Crippen molar-refractivity contribution in [1.29, 1.82) is 0 Å². The second-order valence-corrected chi connectivity index (χ2v) is 10.0. The molecule has 0 radical (unpaired) electrons. The molecule has 1 unspecified atom stereocenters. The fraction of sp³-hybridized carbons (Fsp3) is 0.783. The summed E-state index contributed by atoms with van der Waals surface area (Å²) in [5.41, 5.74) is -0.459. The standard InChI is InChI=1S/C23H32O5/c1-14(24)28-13-20(26)23(27)11-8-19-17-5-4-15-12-16(25)6-9-21(15,2)18(17)7-10-22(19,23)3/h12,17-19,27H,4-11,13H2,1-3H3/t17-,18+,19+,21+,22+,23?/m1/s1. The molecule has 3 saturated carbocycles. The molecule has 0 aromatic heterocycles. The van der Waals surface area contributed by atoms with E-state index in [9.17, 15) is 19.5 Å². The Morgan fingerprint density at radius 3 is 2.54 bits per heavy atom. The van der Waals surface area contributed by atoms with Crippen LogP contribution in [0.4, 0.5) is 0 Å². The number of fused-ring (bicyclic) bond motifs is 5. The van der Waals surface area contributed by atoms with Gasteiger partial charge < -0.3 is 9.84 Å². The molecule has 0 saturated heterocycles. The lowest BCUT2D eigenvalue weighted by Gasteiger charge is -2.58. The van der Waals surface area contributed by atoms with Crippen molar-refractivity contribution in [3.63, 3.8) is 0 Å². The van der Waals surface area contributed by atoms with Gasteiger partial charge in [-0.3, -0.25) is 14.4 Å². The second-order valence-electron chi connectivity index (χ2n) is 10.0. The van der Waals surface area contributed by atoms with Gasteiger partial charge in [-0.25, -0.2) is 0 Å². The molecule has 4 rings (SSSR count). The fourth-order valence-corrected chi connectivity index (χ4v) is 7.32. The second kappa shape index (κ2) is 6.51. The zero-order chi connectivity index (χ0) is 20.3. The number of ketones is 2. The summed E-state index contributed by atoms with van der Waals surface area (Å²) in [6.07, 6.45) is 8.53. The van der Waals surface area contributed by atoms with Gasteiger partial charge in [0.15, 0.2) is 12.4 Å². The minimum absolute atomic E-state index is 0.0839. The Morgan fingerprint density at radius 2 is 1.82 bits per heavy atom. The predicted molar refractivity (Wildman–Crippen MR) is 103 cm³/mol. The first-order valence-corrected chi connectivity index (χ1v) is 10.7. The Kier molecular flexibility index (Phi) is 4.61. The predicted octanol–water partition coefficient (Wildman–Crippen LogP) is 3.38. The van der Waals surface area contributed by atoms with Crippen LogP contribution in [0.25, 0.3) is 0 Å². The highest BCUT2D eigenvalue weighted by molar-refractivity contribution is 5.92. The third kappa shape index (κ3) is 2.65. The molecule has 28 heavy (non-hydrogen) atoms. The largest absolute Gasteiger partial charge is 0.458 e. The van der Waals surface area contributed by atoms with Crippen molar-refractivity contribution < 1.29 is 24.2 Å². The molecule has 0 amide bonds. The molecule has 5 nitrogen and oxygen atoms in total. The summed E-state index contributed by atoms with van der Waals surface area (Å²) in [4.78, 5) is 35.9. The Bertz CT molecular complexity index is 754. The molecule has 0 aliphatic heterocycles. The lowest BCUT2D eigenvalue weighted by molar-refractivity contribution is -0.169. The van der Waals surface area contributed by atoms with E-state index >= 15 is 0 Å². The molecular weight excluding hydrogens is 356 g/mol. The van der Waals surface area contributed by atoms with Gasteiger partial charge in [-0.15, -0.1) is 0 Å². The highest BCUT2D eigenvalue weighted by Gasteiger charge is 2.66. The number of allylic oxidation sites excluding steroid dienone is 1. The Hall–Kier alpha value is -1.49. The van der Waals surface area contributed by atoms with Gasteiger partial charge in [0.25, 0.3) is 0 Å². The summed E-state index contributed by atoms with van der Waals surface area (Å²) in [5, 5.41) is 11.5. The van der Waals surface area contributed by atoms with Crippen molar-refractivity contribution in [2.24, 2.45) is 28.6 Å². The van der Waals surface area contributed by atoms with Crippen molar-refractivity contribution in [2.75, 3.05) is 6.61 Å². The summed E-state index contributed by atoms with van der Waals surface area (Å²) in [7, 11) is 0. The van der Waals surface area contributed by atoms with E-state index in [4.69, 9.17) is 4.74 Å². The molecule has 0 aromatic carbocycles. The lowest BCUT2D eigenvalue weighted by Crippen LogP contribution is -2.58. The fourth-order valence-electron chi connectivity index (χ4n) is 7.32. The van der Waals surface area contributed by atoms with E-state index < -0.39 is 17.0 Å². The van der Waals surface area contributed by atoms with Crippen molar-refractivity contribution >= 4 is 17.5 Å². The van der Waals surface area contributed by atoms with Gasteiger partial charge in [0.1, 0.15) is 5.60 Å². The van der Waals surface area contributed by atoms with E-state index in [1.807, 2.05) is 6.08 Å². The number of aliphatic hydroxyl groups is 1. The average Bonchev–Trinajstić information content (AvgIpc) is 2.92. The molecule has 3 fully saturated rings. The first-order valence-electron chi connectivity index (χ1n) is 10.7. The monoisotopic (exact) mass is 388 g/mol. The summed E-state index contributed by atoms with van der Waals surface area (Å²) >= 11 is 0. The van der Waals surface area contributed by atoms with Crippen LogP contribution in [0, 0.1) is 28.6 Å². The van der Waals surface area contributed by atoms with E-state index in [0.717, 1.165) is 38.5 Å². The topological polar surface area (TPSA) is 80.7 Å². The number of esters is 1. The molecule has 1 N–H and O–H groups in total. The van der Waals surface area contributed by atoms with Crippen LogP contribution in [0.1, 0.15) is 72.1 Å². The molecule has 0 heterocycles. The van der Waals surface area contributed by atoms with Crippen molar-refractivity contribution in [3.8, 4) is 0 Å². The molecule has 5 heteroatoms. The van der Waals surface area contributed by atoms with E-state index in [2.05, 4.69) is 13.8 Å². The molecule has 6 atom stereocenters. The van der Waals surface area contributed by atoms with Crippen LogP contribution in [-0.4, -0.2) is 34.9 Å². The minimum Gasteiger partial charge on any atom is -0.458 e. The van der Waals surface area contributed by atoms with Crippen molar-refractivity contribution in [3.05, 3.63) is 11.6 Å². The van der Waals surface area contributed by atoms with Crippen LogP contribution in [0.5, 0.6) is 0 Å². The highest BCUT2D eigenvalue weighted by Crippen LogP contribution is 2.67. The van der Waals surface area contributed by atoms with Crippen LogP contribution in [0.3, 0.4) is 0 Å². The van der Waals surface area contributed by atoms with Gasteiger partial charge in [0.05, 0.1) is 0 Å². The quantitative estimate of drug-likeness (QED) is 0.750. The third-order valence-corrected chi connectivity index (χ3v) is 8.98. The number of carbonyl (C=O) groups is 3. The number of Topliss-reactive ketones (excluding diaryl/α,β-unsaturated/α-hetero) is 1. The number of hydrogen-bond acceptors (Lipinski definition) is 5. The van der Waals surface area contributed by atoms with Crippen LogP contribution in [0.2, 0.25) is 0 Å². The summed E-state index contributed by atoms with van der Waals surface area (Å²) in [5.74, 6) is 0.712. The number of carbonyl (C=O) groups excluding carboxylic acids is 3. The van der Waals surface area contributed by atoms with Crippen LogP contribution in [-0.2, 0) is 19.1 Å². The summed E-state index contributed by atoms with van der Waals surface area (Å²) in [6, 6.07) is 0. The lowest BCUT2D eigenvalue weighted by atomic mass is 9.46. The summed E-state index contributed by atoms with van der Waals surface area (Å²) in [6.45, 7) is 5.35. The Balaban J connectivity index is 1.60. The van der Waals surface area contributed by atoms with E-state index in [1.165, 1.54) is 12.5 Å². The maximum Gasteiger partial charge on any atom is 0.303 e. The van der Waals surface area contributed by atoms with Gasteiger partial charge in [-0.05, 0) is 74.2 Å². The molecule has 4 aliphatic rings. The van der Waals surface area contributed by atoms with Crippen LogP contribution in [0.15, 0.2) is 11.6 Å². The van der Waals surface area contributed by atoms with E-state index in [0.29, 0.717) is 30.6 Å². The van der Waals surface area contributed by atoms with Gasteiger partial charge in [-0.2, -0.15) is 0 Å². The maximum atomic E-state index is 12.8. The van der Waals surface area contributed by atoms with Crippen LogP contribution >= 0.6 is 0 Å². The van der Waals surface area contributed by atoms with Gasteiger partial charge in [-0.1, -0.05) is 19.4 Å². The SMILES string of the molecule is CC(=O)OCC(=O)C1(O)CC[C@H]2[C@@H]3CCC4=CC(=O)CC[C@]4(C)[C@H]3CC[C@@]21C. The average molecular weight is 389 g/mol. The first-order chi connectivity index (χ1) is 13.1. The molecule has 4 aliphatic carbocycles. The van der Waals surface area contributed by atoms with Crippen molar-refractivity contribution in [2.45, 2.75) is 77.7 Å². The van der Waals surface area contributed by atoms with Gasteiger partial charge >= 0.3 is 5.97 Å². The van der Waals surface area contributed by atoms with Gasteiger partial charge in [0.2, 0.25) is 5.78 Å². The first kappa shape index (κ1) is 19.8. The third-order valence-electron chi connectivity index (χ3n) is 8.98. The Morgan fingerprint density at radius 1 is 1.11 bits per heavy atom. The van der Waals surface area contributed by atoms with E-state index in [-0.39, 0.29) is 23.6 Å². The molecule has 154 valence electrons. The maximum absolute atomic E-state index is 12.8. The molecule has 0 aromatic rings. The van der Waals surface area contributed by atoms with Gasteiger partial charge in [0, 0.05) is 18.8 Å². The smallest absolute Gasteiger partial charge is 0.303 e. The zero-order valence-electron chi connectivity index (χ0n) is 17.3. The zero-order valence-corrected chi connectivity index (χ0v) is 17.3. The van der Waals surface area contributed by atoms with Crippen molar-refractivity contribution in [1.82, 2.24) is 0 Å². The van der Waals surface area contributed by atoms with Crippen LogP contribution < -0.4 is 0 Å². The Labute approximate surface area is 166 Å². The number of ether oxygens (including phenoxy) is 1.